The second-order valence-electron chi connectivity index (χ2n) is 4.27. The van der Waals surface area contributed by atoms with Crippen LogP contribution < -0.4 is 51.4 Å². The summed E-state index contributed by atoms with van der Waals surface area (Å²) in [5.74, 6) is 0. The van der Waals surface area contributed by atoms with Crippen LogP contribution in [0.2, 0.25) is 0 Å². The Kier molecular flexibility index (Phi) is 6.19. The Morgan fingerprint density at radius 1 is 1.05 bits per heavy atom. The second-order valence-corrected chi connectivity index (χ2v) is 5.62. The molecule has 0 aromatic heterocycles. The van der Waals surface area contributed by atoms with E-state index in [0.717, 1.165) is 29.4 Å². The maximum absolute atomic E-state index is 11.3. The van der Waals surface area contributed by atoms with Crippen molar-refractivity contribution in [2.24, 2.45) is 0 Å². The number of aryl methyl sites for hydroxylation is 2. The molecule has 19 heavy (non-hydrogen) atoms. The number of hydrogen-bond acceptors (Lipinski definition) is 3. The van der Waals surface area contributed by atoms with Crippen molar-refractivity contribution >= 4 is 20.9 Å². The van der Waals surface area contributed by atoms with Crippen molar-refractivity contribution in [3.05, 3.63) is 41.5 Å². The molecule has 3 nitrogen and oxygen atoms in total. The average Bonchev–Trinajstić information content (AvgIpc) is 2.35. The van der Waals surface area contributed by atoms with Gasteiger partial charge >= 0.3 is 51.4 Å². The monoisotopic (exact) mass is 302 g/mol. The molecular weight excluding hydrogens is 287 g/mol. The molecule has 0 fully saturated rings. The molecule has 2 aromatic carbocycles. The van der Waals surface area contributed by atoms with Gasteiger partial charge < -0.3 is 4.55 Å². The van der Waals surface area contributed by atoms with Crippen LogP contribution in [0.3, 0.4) is 0 Å². The van der Waals surface area contributed by atoms with Gasteiger partial charge in [-0.1, -0.05) is 32.0 Å². The van der Waals surface area contributed by atoms with Gasteiger partial charge in [0.15, 0.2) is 0 Å². The molecule has 0 aliphatic heterocycles. The molecule has 2 aromatic rings. The molecule has 0 unspecified atom stereocenters. The molecule has 0 bridgehead atoms. The summed E-state index contributed by atoms with van der Waals surface area (Å²) in [6.07, 6.45) is 1.63. The summed E-state index contributed by atoms with van der Waals surface area (Å²) in [5, 5.41) is 1.40. The quantitative estimate of drug-likeness (QED) is 0.586. The molecule has 5 heteroatoms. The first-order valence-corrected chi connectivity index (χ1v) is 7.38. The van der Waals surface area contributed by atoms with Gasteiger partial charge in [0.05, 0.1) is 4.90 Å². The first kappa shape index (κ1) is 17.3. The zero-order valence-corrected chi connectivity index (χ0v) is 15.4. The molecular formula is C14H15KO3S. The standard InChI is InChI=1S/C14H16O3S.K/c1-3-10-8-11(4-2)12-6-5-7-14(13(12)9-10)18(15,16)17;/h5-9H,3-4H2,1-2H3,(H,15,16,17);/q;+1/p-1. The van der Waals surface area contributed by atoms with E-state index < -0.39 is 10.1 Å². The molecule has 2 rings (SSSR count). The average molecular weight is 302 g/mol. The van der Waals surface area contributed by atoms with Gasteiger partial charge in [-0.2, -0.15) is 0 Å². The van der Waals surface area contributed by atoms with Crippen LogP contribution in [-0.4, -0.2) is 13.0 Å². The number of hydrogen-bond donors (Lipinski definition) is 0. The van der Waals surface area contributed by atoms with Gasteiger partial charge in [-0.05, 0) is 46.9 Å². The van der Waals surface area contributed by atoms with Crippen molar-refractivity contribution in [2.75, 3.05) is 0 Å². The van der Waals surface area contributed by atoms with Gasteiger partial charge in [0, 0.05) is 0 Å². The zero-order chi connectivity index (χ0) is 13.3. The first-order valence-electron chi connectivity index (χ1n) is 5.97. The summed E-state index contributed by atoms with van der Waals surface area (Å²) in [7, 11) is -4.43. The largest absolute Gasteiger partial charge is 1.00 e. The van der Waals surface area contributed by atoms with E-state index in [4.69, 9.17) is 0 Å². The topological polar surface area (TPSA) is 57.2 Å². The molecule has 0 radical (unpaired) electrons. The van der Waals surface area contributed by atoms with Crippen LogP contribution in [-0.2, 0) is 23.0 Å². The van der Waals surface area contributed by atoms with Crippen molar-refractivity contribution < 1.29 is 64.4 Å². The Balaban J connectivity index is 0.00000180. The zero-order valence-electron chi connectivity index (χ0n) is 11.4. The van der Waals surface area contributed by atoms with Crippen LogP contribution in [0.25, 0.3) is 10.8 Å². The summed E-state index contributed by atoms with van der Waals surface area (Å²) < 4.78 is 33.9. The molecule has 0 atom stereocenters. The Morgan fingerprint density at radius 2 is 1.74 bits per heavy atom. The third-order valence-corrected chi connectivity index (χ3v) is 4.05. The Hall–Kier alpha value is 0.246. The maximum atomic E-state index is 11.3. The molecule has 0 N–H and O–H groups in total. The molecule has 0 spiro atoms. The van der Waals surface area contributed by atoms with Crippen LogP contribution in [0.15, 0.2) is 35.2 Å². The van der Waals surface area contributed by atoms with Crippen LogP contribution in [0.1, 0.15) is 25.0 Å². The SMILES string of the molecule is CCc1cc(CC)c2cccc(S(=O)(=O)[O-])c2c1.[K+]. The van der Waals surface area contributed by atoms with Crippen molar-refractivity contribution in [2.45, 2.75) is 31.6 Å². The normalized spacial score (nSPS) is 11.3. The Morgan fingerprint density at radius 3 is 2.26 bits per heavy atom. The number of benzene rings is 2. The fraction of sp³-hybridized carbons (Fsp3) is 0.286. The smallest absolute Gasteiger partial charge is 0.744 e. The van der Waals surface area contributed by atoms with Crippen LogP contribution in [0.4, 0.5) is 0 Å². The van der Waals surface area contributed by atoms with E-state index >= 15 is 0 Å². The molecule has 0 saturated carbocycles. The molecule has 0 amide bonds. The van der Waals surface area contributed by atoms with Crippen LogP contribution >= 0.6 is 0 Å². The van der Waals surface area contributed by atoms with E-state index in [2.05, 4.69) is 6.07 Å². The Bertz CT molecular complexity index is 693. The third kappa shape index (κ3) is 3.67. The molecule has 0 aliphatic carbocycles. The van der Waals surface area contributed by atoms with Gasteiger partial charge in [-0.15, -0.1) is 0 Å². The minimum Gasteiger partial charge on any atom is -0.744 e. The van der Waals surface area contributed by atoms with E-state index in [1.165, 1.54) is 6.07 Å². The molecule has 0 saturated heterocycles. The predicted molar refractivity (Wildman–Crippen MR) is 70.7 cm³/mol. The molecule has 0 aliphatic rings. The van der Waals surface area contributed by atoms with Crippen molar-refractivity contribution in [1.29, 1.82) is 0 Å². The summed E-state index contributed by atoms with van der Waals surface area (Å²) in [4.78, 5) is -0.120. The second kappa shape index (κ2) is 6.80. The molecule has 96 valence electrons. The first-order chi connectivity index (χ1) is 8.47. The maximum Gasteiger partial charge on any atom is 1.00 e. The minimum atomic E-state index is -4.43. The van der Waals surface area contributed by atoms with Crippen molar-refractivity contribution in [3.8, 4) is 0 Å². The predicted octanol–water partition coefficient (Wildman–Crippen LogP) is -0.127. The fourth-order valence-corrected chi connectivity index (χ4v) is 2.90. The summed E-state index contributed by atoms with van der Waals surface area (Å²) in [5.41, 5.74) is 2.13. The minimum absolute atomic E-state index is 0. The van der Waals surface area contributed by atoms with E-state index in [0.29, 0.717) is 5.39 Å². The Labute approximate surface area is 156 Å². The summed E-state index contributed by atoms with van der Waals surface area (Å²) >= 11 is 0. The van der Waals surface area contributed by atoms with E-state index in [1.54, 1.807) is 12.1 Å². The van der Waals surface area contributed by atoms with Gasteiger partial charge in [0.1, 0.15) is 10.1 Å². The van der Waals surface area contributed by atoms with E-state index in [1.807, 2.05) is 19.9 Å². The van der Waals surface area contributed by atoms with E-state index in [9.17, 15) is 13.0 Å². The van der Waals surface area contributed by atoms with E-state index in [-0.39, 0.29) is 56.3 Å². The van der Waals surface area contributed by atoms with Crippen molar-refractivity contribution in [3.63, 3.8) is 0 Å². The van der Waals surface area contributed by atoms with Gasteiger partial charge in [-0.25, -0.2) is 8.42 Å². The number of fused-ring (bicyclic) bond motifs is 1. The van der Waals surface area contributed by atoms with Gasteiger partial charge in [-0.3, -0.25) is 0 Å². The van der Waals surface area contributed by atoms with Gasteiger partial charge in [0.25, 0.3) is 0 Å². The van der Waals surface area contributed by atoms with Crippen molar-refractivity contribution in [1.82, 2.24) is 0 Å². The fourth-order valence-electron chi connectivity index (χ4n) is 2.22. The van der Waals surface area contributed by atoms with Crippen LogP contribution in [0.5, 0.6) is 0 Å². The molecule has 0 heterocycles. The number of rotatable bonds is 3. The van der Waals surface area contributed by atoms with Crippen LogP contribution in [0, 0.1) is 0 Å². The van der Waals surface area contributed by atoms with Gasteiger partial charge in [0.2, 0.25) is 0 Å². The summed E-state index contributed by atoms with van der Waals surface area (Å²) in [6, 6.07) is 8.74. The third-order valence-electron chi connectivity index (χ3n) is 3.16. The summed E-state index contributed by atoms with van der Waals surface area (Å²) in [6.45, 7) is 4.03.